The first kappa shape index (κ1) is 29.5. The van der Waals surface area contributed by atoms with Crippen LogP contribution in [0, 0.1) is 5.92 Å². The van der Waals surface area contributed by atoms with Gasteiger partial charge in [-0.3, -0.25) is 19.2 Å². The lowest BCUT2D eigenvalue weighted by molar-refractivity contribution is -0.141. The number of ketones is 1. The number of rotatable bonds is 10. The molecule has 0 aromatic heterocycles. The molecule has 3 rings (SSSR count). The first-order valence-corrected chi connectivity index (χ1v) is 15.1. The molecule has 12 heteroatoms. The number of amides is 3. The van der Waals surface area contributed by atoms with E-state index in [1.807, 2.05) is 13.8 Å². The van der Waals surface area contributed by atoms with Crippen LogP contribution in [0.1, 0.15) is 85.0 Å². The lowest BCUT2D eigenvalue weighted by atomic mass is 9.81. The van der Waals surface area contributed by atoms with Crippen molar-refractivity contribution >= 4 is 33.7 Å². The third-order valence-electron chi connectivity index (χ3n) is 7.73. The molecule has 0 aromatic carbocycles. The van der Waals surface area contributed by atoms with Gasteiger partial charge in [-0.25, -0.2) is 0 Å². The number of nitrogens with one attached hydrogen (secondary N) is 3. The van der Waals surface area contributed by atoms with Crippen LogP contribution in [0.15, 0.2) is 0 Å². The molecule has 11 nitrogen and oxygen atoms in total. The number of carbonyl (C=O) groups excluding carboxylic acids is 4. The molecular weight excluding hydrogens is 498 g/mol. The normalized spacial score (nSPS) is 22.0. The molecule has 1 saturated heterocycles. The molecule has 210 valence electrons. The Hall–Kier alpha value is -2.05. The van der Waals surface area contributed by atoms with E-state index in [0.717, 1.165) is 32.1 Å². The third-order valence-corrected chi connectivity index (χ3v) is 9.43. The number of nitrogens with zero attached hydrogens (tertiary/aromatic N) is 2. The summed E-state index contributed by atoms with van der Waals surface area (Å²) in [7, 11) is -4.03. The van der Waals surface area contributed by atoms with E-state index in [9.17, 15) is 27.6 Å². The molecule has 1 atom stereocenters. The first-order chi connectivity index (χ1) is 17.4. The highest BCUT2D eigenvalue weighted by Gasteiger charge is 2.46. The van der Waals surface area contributed by atoms with Crippen molar-refractivity contribution in [3.05, 3.63) is 0 Å². The largest absolute Gasteiger partial charge is 0.347 e. The Balaban J connectivity index is 1.74. The van der Waals surface area contributed by atoms with Crippen LogP contribution >= 0.6 is 0 Å². The molecule has 0 unspecified atom stereocenters. The fourth-order valence-corrected chi connectivity index (χ4v) is 7.13. The molecule has 3 amide bonds. The van der Waals surface area contributed by atoms with E-state index in [0.29, 0.717) is 25.7 Å². The summed E-state index contributed by atoms with van der Waals surface area (Å²) in [6.07, 6.45) is 6.81. The van der Waals surface area contributed by atoms with E-state index < -0.39 is 39.4 Å². The van der Waals surface area contributed by atoms with Crippen molar-refractivity contribution in [2.75, 3.05) is 26.2 Å². The van der Waals surface area contributed by atoms with E-state index >= 15 is 0 Å². The summed E-state index contributed by atoms with van der Waals surface area (Å²) in [6.45, 7) is 6.12. The zero-order chi connectivity index (χ0) is 27.2. The Labute approximate surface area is 220 Å². The van der Waals surface area contributed by atoms with Gasteiger partial charge in [0, 0.05) is 39.1 Å². The van der Waals surface area contributed by atoms with Gasteiger partial charge < -0.3 is 15.5 Å². The monoisotopic (exact) mass is 541 g/mol. The fourth-order valence-electron chi connectivity index (χ4n) is 5.57. The maximum absolute atomic E-state index is 13.7. The molecule has 2 saturated carbocycles. The minimum Gasteiger partial charge on any atom is -0.347 e. The number of Topliss-reactive ketones (excluding diaryl/α,β-unsaturated/α-hetero) is 1. The summed E-state index contributed by atoms with van der Waals surface area (Å²) < 4.78 is 30.6. The quantitative estimate of drug-likeness (QED) is 0.350. The highest BCUT2D eigenvalue weighted by atomic mass is 32.2. The van der Waals surface area contributed by atoms with Crippen molar-refractivity contribution in [3.8, 4) is 0 Å². The molecule has 0 aromatic rings. The fraction of sp³-hybridized carbons (Fsp3) is 0.840. The summed E-state index contributed by atoms with van der Waals surface area (Å²) in [5.74, 6) is -2.02. The maximum Gasteiger partial charge on any atom is 0.289 e. The summed E-state index contributed by atoms with van der Waals surface area (Å²) >= 11 is 0. The molecule has 3 aliphatic rings. The standard InChI is InChI=1S/C25H43N5O6S/c1-18(2)17-21(22(32)23(33)26-20-9-5-6-10-20)27-24(34)25(11-7-4-8-12-25)28-37(35,36)30-15-13-29(14-16-30)19(3)31/h18,20-21,28H,4-17H2,1-3H3,(H,26,33)(H,27,34)/t21-/m0/s1. The van der Waals surface area contributed by atoms with Crippen LogP contribution in [0.3, 0.4) is 0 Å². The van der Waals surface area contributed by atoms with Gasteiger partial charge in [0.2, 0.25) is 17.6 Å². The summed E-state index contributed by atoms with van der Waals surface area (Å²) in [5, 5.41) is 5.57. The van der Waals surface area contributed by atoms with Crippen LogP contribution in [0.2, 0.25) is 0 Å². The van der Waals surface area contributed by atoms with Crippen LogP contribution < -0.4 is 15.4 Å². The second-order valence-electron chi connectivity index (χ2n) is 11.1. The van der Waals surface area contributed by atoms with Crippen LogP contribution in [-0.2, 0) is 29.4 Å². The van der Waals surface area contributed by atoms with Gasteiger partial charge in [0.1, 0.15) is 5.54 Å². The second kappa shape index (κ2) is 12.7. The Kier molecular flexibility index (Phi) is 10.1. The topological polar surface area (TPSA) is 145 Å². The van der Waals surface area contributed by atoms with Gasteiger partial charge in [-0.1, -0.05) is 46.0 Å². The summed E-state index contributed by atoms with van der Waals surface area (Å²) in [4.78, 5) is 52.7. The van der Waals surface area contributed by atoms with Crippen LogP contribution in [0.25, 0.3) is 0 Å². The van der Waals surface area contributed by atoms with E-state index in [4.69, 9.17) is 0 Å². The van der Waals surface area contributed by atoms with Gasteiger partial charge in [-0.15, -0.1) is 0 Å². The Bertz CT molecular complexity index is 949. The first-order valence-electron chi connectivity index (χ1n) is 13.6. The molecule has 3 fully saturated rings. The molecule has 0 spiro atoms. The zero-order valence-electron chi connectivity index (χ0n) is 22.4. The molecule has 1 aliphatic heterocycles. The Morgan fingerprint density at radius 1 is 0.919 bits per heavy atom. The third kappa shape index (κ3) is 7.73. The summed E-state index contributed by atoms with van der Waals surface area (Å²) in [5.41, 5.74) is -1.40. The van der Waals surface area contributed by atoms with Gasteiger partial charge in [0.15, 0.2) is 0 Å². The molecule has 1 heterocycles. The van der Waals surface area contributed by atoms with E-state index in [-0.39, 0.29) is 50.5 Å². The van der Waals surface area contributed by atoms with Crippen LogP contribution in [0.4, 0.5) is 0 Å². The van der Waals surface area contributed by atoms with Crippen molar-refractivity contribution in [3.63, 3.8) is 0 Å². The van der Waals surface area contributed by atoms with Crippen molar-refractivity contribution in [2.24, 2.45) is 5.92 Å². The van der Waals surface area contributed by atoms with Gasteiger partial charge in [-0.05, 0) is 38.0 Å². The Morgan fingerprint density at radius 2 is 1.51 bits per heavy atom. The van der Waals surface area contributed by atoms with Gasteiger partial charge in [0.25, 0.3) is 16.1 Å². The van der Waals surface area contributed by atoms with Crippen LogP contribution in [0.5, 0.6) is 0 Å². The van der Waals surface area contributed by atoms with E-state index in [1.54, 1.807) is 4.90 Å². The van der Waals surface area contributed by atoms with Gasteiger partial charge in [-0.2, -0.15) is 17.4 Å². The highest BCUT2D eigenvalue weighted by molar-refractivity contribution is 7.87. The number of carbonyl (C=O) groups is 4. The molecule has 0 radical (unpaired) electrons. The van der Waals surface area contributed by atoms with Crippen molar-refractivity contribution in [1.29, 1.82) is 0 Å². The van der Waals surface area contributed by atoms with E-state index in [1.165, 1.54) is 11.2 Å². The number of hydrogen-bond acceptors (Lipinski definition) is 6. The van der Waals surface area contributed by atoms with Crippen molar-refractivity contribution in [1.82, 2.24) is 24.6 Å². The van der Waals surface area contributed by atoms with Gasteiger partial charge >= 0.3 is 0 Å². The summed E-state index contributed by atoms with van der Waals surface area (Å²) in [6, 6.07) is -1.05. The minimum atomic E-state index is -4.03. The van der Waals surface area contributed by atoms with E-state index in [2.05, 4.69) is 15.4 Å². The minimum absolute atomic E-state index is 0.0215. The molecule has 37 heavy (non-hydrogen) atoms. The molecule has 2 aliphatic carbocycles. The average molecular weight is 542 g/mol. The van der Waals surface area contributed by atoms with Crippen LogP contribution in [-0.4, -0.2) is 84.9 Å². The Morgan fingerprint density at radius 3 is 2.05 bits per heavy atom. The smallest absolute Gasteiger partial charge is 0.289 e. The molecular formula is C25H43N5O6S. The lowest BCUT2D eigenvalue weighted by Gasteiger charge is -2.40. The van der Waals surface area contributed by atoms with Gasteiger partial charge in [0.05, 0.1) is 6.04 Å². The predicted octanol–water partition coefficient (Wildman–Crippen LogP) is 0.847. The second-order valence-corrected chi connectivity index (χ2v) is 12.8. The highest BCUT2D eigenvalue weighted by Crippen LogP contribution is 2.30. The zero-order valence-corrected chi connectivity index (χ0v) is 23.2. The van der Waals surface area contributed by atoms with Crippen molar-refractivity contribution < 1.29 is 27.6 Å². The molecule has 3 N–H and O–H groups in total. The lowest BCUT2D eigenvalue weighted by Crippen LogP contribution is -2.65. The molecule has 0 bridgehead atoms. The average Bonchev–Trinajstić information content (AvgIpc) is 3.36. The predicted molar refractivity (Wildman–Crippen MR) is 138 cm³/mol. The SMILES string of the molecule is CC(=O)N1CCN(S(=O)(=O)NC2(C(=O)N[C@@H](CC(C)C)C(=O)C(=O)NC3CCCC3)CCCCC2)CC1. The number of piperazine rings is 1. The van der Waals surface area contributed by atoms with Crippen molar-refractivity contribution in [2.45, 2.75) is 103 Å². The maximum atomic E-state index is 13.7. The number of hydrogen-bond donors (Lipinski definition) is 3.